The maximum Gasteiger partial charge on any atom is 0.266 e. The van der Waals surface area contributed by atoms with E-state index in [4.69, 9.17) is 11.6 Å². The van der Waals surface area contributed by atoms with Crippen molar-refractivity contribution in [3.05, 3.63) is 51.8 Å². The lowest BCUT2D eigenvalue weighted by Crippen LogP contribution is -2.15. The van der Waals surface area contributed by atoms with Crippen LogP contribution in [0.15, 0.2) is 45.9 Å². The van der Waals surface area contributed by atoms with Crippen molar-refractivity contribution in [3.63, 3.8) is 0 Å². The summed E-state index contributed by atoms with van der Waals surface area (Å²) in [7, 11) is -4.08. The van der Waals surface area contributed by atoms with E-state index in [1.165, 1.54) is 24.4 Å². The third-order valence-corrected chi connectivity index (χ3v) is 4.32. The first kappa shape index (κ1) is 14.2. The summed E-state index contributed by atoms with van der Waals surface area (Å²) in [6.45, 7) is 0. The molecule has 1 aromatic carbocycles. The van der Waals surface area contributed by atoms with Crippen LogP contribution in [0.2, 0.25) is 5.02 Å². The van der Waals surface area contributed by atoms with Gasteiger partial charge in [0.1, 0.15) is 10.7 Å². The monoisotopic (exact) mass is 364 g/mol. The maximum absolute atomic E-state index is 13.7. The number of nitrogens with one attached hydrogen (secondary N) is 1. The molecule has 0 fully saturated rings. The molecular formula is C11H7BrClFN2O2S. The number of halogens is 3. The fraction of sp³-hybridized carbons (Fsp3) is 0. The number of rotatable bonds is 3. The van der Waals surface area contributed by atoms with Gasteiger partial charge < -0.3 is 0 Å². The number of anilines is 1. The number of sulfonamides is 1. The molecule has 0 aliphatic heterocycles. The Morgan fingerprint density at radius 1 is 1.32 bits per heavy atom. The molecule has 2 aromatic rings. The minimum atomic E-state index is -4.08. The van der Waals surface area contributed by atoms with Crippen molar-refractivity contribution in [1.82, 2.24) is 4.98 Å². The van der Waals surface area contributed by atoms with Gasteiger partial charge >= 0.3 is 0 Å². The zero-order valence-electron chi connectivity index (χ0n) is 9.27. The first-order valence-corrected chi connectivity index (χ1v) is 7.64. The fourth-order valence-corrected chi connectivity index (χ4v) is 3.01. The van der Waals surface area contributed by atoms with Crippen molar-refractivity contribution in [2.75, 3.05) is 4.72 Å². The van der Waals surface area contributed by atoms with Crippen LogP contribution in [0.1, 0.15) is 0 Å². The molecule has 8 heteroatoms. The van der Waals surface area contributed by atoms with E-state index >= 15 is 0 Å². The average molecular weight is 366 g/mol. The highest BCUT2D eigenvalue weighted by molar-refractivity contribution is 9.10. The number of pyridine rings is 1. The molecule has 100 valence electrons. The predicted octanol–water partition coefficient (Wildman–Crippen LogP) is 3.44. The Hall–Kier alpha value is -1.18. The summed E-state index contributed by atoms with van der Waals surface area (Å²) < 4.78 is 40.6. The summed E-state index contributed by atoms with van der Waals surface area (Å²) in [4.78, 5) is 3.30. The largest absolute Gasteiger partial charge is 0.266 e. The minimum absolute atomic E-state index is 0.0775. The molecule has 0 saturated carbocycles. The summed E-state index contributed by atoms with van der Waals surface area (Å²) in [6, 6.07) is 6.85. The maximum atomic E-state index is 13.7. The molecule has 0 atom stereocenters. The van der Waals surface area contributed by atoms with E-state index in [0.717, 1.165) is 6.07 Å². The predicted molar refractivity (Wildman–Crippen MR) is 74.2 cm³/mol. The zero-order valence-corrected chi connectivity index (χ0v) is 12.4. The van der Waals surface area contributed by atoms with Crippen molar-refractivity contribution in [3.8, 4) is 0 Å². The lowest BCUT2D eigenvalue weighted by Gasteiger charge is -2.08. The van der Waals surface area contributed by atoms with E-state index < -0.39 is 20.7 Å². The number of hydrogen-bond acceptors (Lipinski definition) is 3. The Bertz CT molecular complexity index is 724. The van der Waals surface area contributed by atoms with E-state index in [9.17, 15) is 12.8 Å². The van der Waals surface area contributed by atoms with Gasteiger partial charge in [-0.15, -0.1) is 0 Å². The summed E-state index contributed by atoms with van der Waals surface area (Å²) in [5, 5.41) is -0.259. The summed E-state index contributed by atoms with van der Waals surface area (Å²) in [5.41, 5.74) is 0. The Balaban J connectivity index is 2.41. The summed E-state index contributed by atoms with van der Waals surface area (Å²) >= 11 is 8.74. The van der Waals surface area contributed by atoms with E-state index in [1.54, 1.807) is 6.07 Å². The van der Waals surface area contributed by atoms with Crippen LogP contribution < -0.4 is 4.72 Å². The van der Waals surface area contributed by atoms with E-state index in [2.05, 4.69) is 25.6 Å². The molecule has 0 spiro atoms. The van der Waals surface area contributed by atoms with Gasteiger partial charge in [-0.2, -0.15) is 0 Å². The quantitative estimate of drug-likeness (QED) is 0.906. The average Bonchev–Trinajstić information content (AvgIpc) is 2.32. The first-order chi connectivity index (χ1) is 8.90. The Morgan fingerprint density at radius 2 is 2.05 bits per heavy atom. The highest BCUT2D eigenvalue weighted by Crippen LogP contribution is 2.24. The molecule has 1 N–H and O–H groups in total. The van der Waals surface area contributed by atoms with Gasteiger partial charge in [-0.1, -0.05) is 33.6 Å². The third kappa shape index (κ3) is 3.23. The molecule has 1 aromatic heterocycles. The van der Waals surface area contributed by atoms with Crippen LogP contribution in [-0.2, 0) is 10.0 Å². The van der Waals surface area contributed by atoms with Gasteiger partial charge in [0, 0.05) is 10.7 Å². The van der Waals surface area contributed by atoms with Gasteiger partial charge in [0.25, 0.3) is 10.0 Å². The topological polar surface area (TPSA) is 59.1 Å². The second kappa shape index (κ2) is 5.44. The number of hydrogen-bond donors (Lipinski definition) is 1. The molecule has 0 amide bonds. The van der Waals surface area contributed by atoms with Crippen molar-refractivity contribution in [2.45, 2.75) is 4.90 Å². The Kier molecular flexibility index (Phi) is 4.07. The van der Waals surface area contributed by atoms with Crippen LogP contribution in [0.4, 0.5) is 10.2 Å². The van der Waals surface area contributed by atoms with Crippen molar-refractivity contribution in [2.24, 2.45) is 0 Å². The van der Waals surface area contributed by atoms with Gasteiger partial charge in [-0.05, 0) is 24.3 Å². The number of benzene rings is 1. The van der Waals surface area contributed by atoms with Gasteiger partial charge in [0.05, 0.1) is 5.02 Å². The smallest absolute Gasteiger partial charge is 0.263 e. The molecule has 0 bridgehead atoms. The van der Waals surface area contributed by atoms with Crippen LogP contribution in [0.5, 0.6) is 0 Å². The normalized spacial score (nSPS) is 11.3. The highest BCUT2D eigenvalue weighted by atomic mass is 79.9. The molecule has 0 radical (unpaired) electrons. The number of nitrogens with zero attached hydrogens (tertiary/aromatic N) is 1. The second-order valence-corrected chi connectivity index (χ2v) is 6.49. The third-order valence-electron chi connectivity index (χ3n) is 2.17. The second-order valence-electron chi connectivity index (χ2n) is 3.52. The lowest BCUT2D eigenvalue weighted by molar-refractivity contribution is 0.570. The van der Waals surface area contributed by atoms with Crippen LogP contribution in [0.3, 0.4) is 0 Å². The van der Waals surface area contributed by atoms with Gasteiger partial charge in [0.15, 0.2) is 5.82 Å². The summed E-state index contributed by atoms with van der Waals surface area (Å²) in [5.74, 6) is -0.916. The molecule has 19 heavy (non-hydrogen) atoms. The van der Waals surface area contributed by atoms with E-state index in [0.29, 0.717) is 4.47 Å². The molecule has 1 heterocycles. The highest BCUT2D eigenvalue weighted by Gasteiger charge is 2.21. The Labute approximate surface area is 122 Å². The first-order valence-electron chi connectivity index (χ1n) is 4.98. The van der Waals surface area contributed by atoms with Gasteiger partial charge in [-0.3, -0.25) is 4.72 Å². The molecular weight excluding hydrogens is 359 g/mol. The number of aromatic nitrogens is 1. The van der Waals surface area contributed by atoms with Crippen LogP contribution in [-0.4, -0.2) is 13.4 Å². The van der Waals surface area contributed by atoms with E-state index in [1.807, 2.05) is 0 Å². The Morgan fingerprint density at radius 3 is 2.74 bits per heavy atom. The molecule has 2 rings (SSSR count). The fourth-order valence-electron chi connectivity index (χ4n) is 1.34. The van der Waals surface area contributed by atoms with Gasteiger partial charge in [0.2, 0.25) is 0 Å². The molecule has 0 saturated heterocycles. The zero-order chi connectivity index (χ0) is 14.0. The molecule has 0 aliphatic rings. The van der Waals surface area contributed by atoms with Crippen molar-refractivity contribution >= 4 is 43.4 Å². The van der Waals surface area contributed by atoms with Crippen LogP contribution >= 0.6 is 27.5 Å². The molecule has 0 unspecified atom stereocenters. The lowest BCUT2D eigenvalue weighted by atomic mass is 10.3. The van der Waals surface area contributed by atoms with Crippen LogP contribution in [0, 0.1) is 5.82 Å². The molecule has 4 nitrogen and oxygen atoms in total. The minimum Gasteiger partial charge on any atom is -0.263 e. The standard InChI is InChI=1S/C11H7BrClFN2O2S/c12-7-4-5-15-10(6-7)16-19(17,18)9-3-1-2-8(13)11(9)14/h1-6H,(H,15,16). The van der Waals surface area contributed by atoms with Gasteiger partial charge in [-0.25, -0.2) is 17.8 Å². The molecule has 0 aliphatic carbocycles. The SMILES string of the molecule is O=S(=O)(Nc1cc(Br)ccn1)c1cccc(Cl)c1F. The van der Waals surface area contributed by atoms with Crippen molar-refractivity contribution < 1.29 is 12.8 Å². The van der Waals surface area contributed by atoms with E-state index in [-0.39, 0.29) is 10.8 Å². The summed E-state index contributed by atoms with van der Waals surface area (Å²) in [6.07, 6.45) is 1.41. The van der Waals surface area contributed by atoms with Crippen LogP contribution in [0.25, 0.3) is 0 Å². The van der Waals surface area contributed by atoms with Crippen molar-refractivity contribution in [1.29, 1.82) is 0 Å².